The minimum atomic E-state index is -6.04. The van der Waals surface area contributed by atoms with E-state index in [1.165, 1.54) is 0 Å². The minimum Gasteiger partial charge on any atom is -0.387 e. The first-order chi connectivity index (χ1) is 15.2. The van der Waals surface area contributed by atoms with Crippen LogP contribution >= 0.6 is 47.2 Å². The van der Waals surface area contributed by atoms with Crippen molar-refractivity contribution in [1.29, 1.82) is 0 Å². The van der Waals surface area contributed by atoms with Gasteiger partial charge in [0.05, 0.1) is 11.1 Å². The van der Waals surface area contributed by atoms with Crippen LogP contribution in [0.3, 0.4) is 0 Å². The highest BCUT2D eigenvalue weighted by Gasteiger charge is 2.48. The molecule has 1 aliphatic heterocycles. The van der Waals surface area contributed by atoms with Gasteiger partial charge in [0.25, 0.3) is 5.56 Å². The minimum absolute atomic E-state index is 0.159. The maximum atomic E-state index is 11.9. The van der Waals surface area contributed by atoms with Crippen molar-refractivity contribution in [2.24, 2.45) is 0 Å². The van der Waals surface area contributed by atoms with Crippen LogP contribution in [0.2, 0.25) is 0 Å². The van der Waals surface area contributed by atoms with Gasteiger partial charge in [0.1, 0.15) is 18.3 Å². The van der Waals surface area contributed by atoms with Gasteiger partial charge in [-0.15, -0.1) is 0 Å². The summed E-state index contributed by atoms with van der Waals surface area (Å²) in [5.74, 6) is 0. The van der Waals surface area contributed by atoms with E-state index >= 15 is 0 Å². The van der Waals surface area contributed by atoms with Crippen LogP contribution in [-0.2, 0) is 40.5 Å². The van der Waals surface area contributed by atoms with E-state index in [1.54, 1.807) is 0 Å². The molecule has 0 saturated carbocycles. The molecule has 7 atom stereocenters. The van der Waals surface area contributed by atoms with Gasteiger partial charge < -0.3 is 39.4 Å². The Morgan fingerprint density at radius 3 is 2.03 bits per heavy atom. The highest BCUT2D eigenvalue weighted by atomic mass is 79.9. The van der Waals surface area contributed by atoms with Crippen molar-refractivity contribution in [2.75, 3.05) is 6.61 Å². The molecule has 1 aromatic rings. The Hall–Kier alpha value is -0.400. The van der Waals surface area contributed by atoms with Crippen LogP contribution in [0, 0.1) is 0 Å². The van der Waals surface area contributed by atoms with Gasteiger partial charge in [-0.1, -0.05) is 0 Å². The third kappa shape index (κ3) is 8.33. The molecule has 1 fully saturated rings. The summed E-state index contributed by atoms with van der Waals surface area (Å²) in [7, 11) is -23.4. The first-order valence-corrected chi connectivity index (χ1v) is 14.9. The van der Waals surface area contributed by atoms with Crippen LogP contribution in [-0.4, -0.2) is 69.1 Å². The summed E-state index contributed by atoms with van der Waals surface area (Å²) in [6.45, 7) is -1.16. The quantitative estimate of drug-likeness (QED) is 0.133. The van der Waals surface area contributed by atoms with E-state index in [4.69, 9.17) is 19.4 Å². The van der Waals surface area contributed by atoms with Crippen LogP contribution in [0.25, 0.3) is 0 Å². The second-order valence-electron chi connectivity index (χ2n) is 6.13. The number of aliphatic hydroxyl groups excluding tert-OH is 2. The average molecular weight is 643 g/mol. The number of aromatic nitrogens is 2. The molecule has 1 aromatic heterocycles. The lowest BCUT2D eigenvalue weighted by molar-refractivity contribution is -0.0543. The zero-order chi connectivity index (χ0) is 26.3. The molecule has 2 rings (SSSR count). The van der Waals surface area contributed by atoms with Crippen molar-refractivity contribution in [3.63, 3.8) is 0 Å². The highest BCUT2D eigenvalue weighted by Crippen LogP contribution is 2.70. The number of aliphatic hydroxyl groups is 2. The van der Waals surface area contributed by atoms with Gasteiger partial charge in [-0.3, -0.25) is 18.9 Å². The summed E-state index contributed by atoms with van der Waals surface area (Å²) in [4.78, 5) is 69.8. The van der Waals surface area contributed by atoms with E-state index in [1.807, 2.05) is 4.98 Å². The summed E-state index contributed by atoms with van der Waals surface area (Å²) in [6.07, 6.45) is -6.13. The zero-order valence-corrected chi connectivity index (χ0v) is 21.0. The number of hydrogen-bond acceptors (Lipinski definition) is 13. The van der Waals surface area contributed by atoms with Gasteiger partial charge in [-0.05, 0) is 15.9 Å². The fraction of sp³-hybridized carbons (Fsp3) is 0.556. The van der Waals surface area contributed by atoms with Crippen LogP contribution < -0.4 is 11.2 Å². The van der Waals surface area contributed by atoms with E-state index < -0.39 is 73.7 Å². The lowest BCUT2D eigenvalue weighted by Crippen LogP contribution is -2.38. The molecule has 0 radical (unpaired) electrons. The first-order valence-electron chi connectivity index (χ1n) is 8.07. The van der Waals surface area contributed by atoms with E-state index in [2.05, 4.69) is 33.4 Å². The lowest BCUT2D eigenvalue weighted by Gasteiger charge is -2.20. The molecule has 25 heteroatoms. The number of halogens is 1. The average Bonchev–Trinajstić information content (AvgIpc) is 2.87. The molecule has 1 saturated heterocycles. The molecule has 8 N–H and O–H groups in total. The predicted molar refractivity (Wildman–Crippen MR) is 106 cm³/mol. The second kappa shape index (κ2) is 10.5. The molecule has 196 valence electrons. The molecule has 0 bridgehead atoms. The normalized spacial score (nSPS) is 28.7. The molecule has 0 spiro atoms. The molecule has 1 aliphatic rings. The number of phosphoric acid groups is 4. The van der Waals surface area contributed by atoms with Crippen molar-refractivity contribution in [2.45, 2.75) is 24.5 Å². The summed E-state index contributed by atoms with van der Waals surface area (Å²) >= 11 is 2.83. The van der Waals surface area contributed by atoms with Crippen molar-refractivity contribution < 1.29 is 75.1 Å². The number of phosphoric ester groups is 1. The molecule has 0 aliphatic carbocycles. The van der Waals surface area contributed by atoms with Gasteiger partial charge in [0.15, 0.2) is 6.23 Å². The van der Waals surface area contributed by atoms with Crippen LogP contribution in [0.4, 0.5) is 0 Å². The summed E-state index contributed by atoms with van der Waals surface area (Å²) in [5, 5.41) is 20.1. The largest absolute Gasteiger partial charge is 0.490 e. The number of nitrogens with zero attached hydrogens (tertiary/aromatic N) is 1. The Morgan fingerprint density at radius 2 is 1.47 bits per heavy atom. The summed E-state index contributed by atoms with van der Waals surface area (Å²) < 4.78 is 65.6. The molecule has 7 unspecified atom stereocenters. The Morgan fingerprint density at radius 1 is 0.941 bits per heavy atom. The Kier molecular flexibility index (Phi) is 9.24. The zero-order valence-electron chi connectivity index (χ0n) is 15.8. The maximum Gasteiger partial charge on any atom is 0.490 e. The number of aromatic amines is 1. The van der Waals surface area contributed by atoms with E-state index in [0.717, 1.165) is 6.20 Å². The third-order valence-corrected chi connectivity index (χ3v) is 9.58. The third-order valence-electron chi connectivity index (χ3n) is 3.56. The summed E-state index contributed by atoms with van der Waals surface area (Å²) in [6, 6.07) is 0. The molecule has 2 heterocycles. The van der Waals surface area contributed by atoms with Crippen LogP contribution in [0.15, 0.2) is 20.3 Å². The highest BCUT2D eigenvalue weighted by molar-refractivity contribution is 9.10. The van der Waals surface area contributed by atoms with Crippen molar-refractivity contribution in [1.82, 2.24) is 9.55 Å². The fourth-order valence-corrected chi connectivity index (χ4v) is 7.14. The van der Waals surface area contributed by atoms with Crippen LogP contribution in [0.1, 0.15) is 6.23 Å². The monoisotopic (exact) mass is 642 g/mol. The van der Waals surface area contributed by atoms with Gasteiger partial charge in [0, 0.05) is 6.20 Å². The molecular formula is C9H15BrN2O18P4. The lowest BCUT2D eigenvalue weighted by atomic mass is 10.1. The summed E-state index contributed by atoms with van der Waals surface area (Å²) in [5.41, 5.74) is -1.88. The Labute approximate surface area is 194 Å². The predicted octanol–water partition coefficient (Wildman–Crippen LogP) is -1.62. The second-order valence-corrected chi connectivity index (χ2v) is 13.0. The van der Waals surface area contributed by atoms with Crippen molar-refractivity contribution >= 4 is 47.2 Å². The number of hydrogen-bond donors (Lipinski definition) is 8. The number of H-pyrrole nitrogens is 1. The Balaban J connectivity index is 2.07. The molecule has 0 aromatic carbocycles. The van der Waals surface area contributed by atoms with E-state index in [9.17, 15) is 47.8 Å². The van der Waals surface area contributed by atoms with Crippen molar-refractivity contribution in [3.05, 3.63) is 31.5 Å². The van der Waals surface area contributed by atoms with Gasteiger partial charge in [0.2, 0.25) is 0 Å². The van der Waals surface area contributed by atoms with Crippen molar-refractivity contribution in [3.8, 4) is 0 Å². The number of nitrogens with one attached hydrogen (secondary N) is 1. The molecule has 0 amide bonds. The van der Waals surface area contributed by atoms with E-state index in [-0.39, 0.29) is 4.47 Å². The SMILES string of the molecule is O=c1[nH]c(=O)n(C2OC(COP(=O)(O)OP(=O)(O)OP(=O)(O)OP(=O)(O)O)C(O)C2O)cc1Br. The van der Waals surface area contributed by atoms with Gasteiger partial charge in [-0.2, -0.15) is 12.9 Å². The standard InChI is InChI=1S/C9H15BrN2O18P4/c10-3-1-12(9(16)11-7(3)15)8-6(14)5(13)4(27-8)2-26-32(20,21)29-34(24,25)30-33(22,23)28-31(17,18)19/h1,4-6,8,13-14H,2H2,(H,20,21)(H,22,23)(H,24,25)(H,11,15,16)(H2,17,18,19). The smallest absolute Gasteiger partial charge is 0.387 e. The van der Waals surface area contributed by atoms with Crippen LogP contribution in [0.5, 0.6) is 0 Å². The number of ether oxygens (including phenoxy) is 1. The van der Waals surface area contributed by atoms with E-state index in [0.29, 0.717) is 4.57 Å². The van der Waals surface area contributed by atoms with Gasteiger partial charge in [-0.25, -0.2) is 23.1 Å². The maximum absolute atomic E-state index is 11.9. The number of rotatable bonds is 10. The first kappa shape index (κ1) is 29.8. The fourth-order valence-electron chi connectivity index (χ4n) is 2.36. The molecule has 20 nitrogen and oxygen atoms in total. The molecular weight excluding hydrogens is 628 g/mol. The molecule has 34 heavy (non-hydrogen) atoms. The topological polar surface area (TPSA) is 311 Å². The Bertz CT molecular complexity index is 1220. The van der Waals surface area contributed by atoms with Gasteiger partial charge >= 0.3 is 37.0 Å².